The molecule has 4 saturated heterocycles. The number of piperazine rings is 1. The van der Waals surface area contributed by atoms with Gasteiger partial charge in [-0.15, -0.1) is 10.2 Å². The van der Waals surface area contributed by atoms with Crippen LogP contribution in [-0.4, -0.2) is 131 Å². The maximum atomic E-state index is 13.4. The number of aromatic nitrogens is 2. The zero-order valence-corrected chi connectivity index (χ0v) is 31.0. The second kappa shape index (κ2) is 13.3. The third kappa shape index (κ3) is 6.10. The molecule has 286 valence electrons. The van der Waals surface area contributed by atoms with Crippen molar-refractivity contribution < 1.29 is 24.3 Å². The van der Waals surface area contributed by atoms with E-state index in [1.807, 2.05) is 30.3 Å². The molecule has 4 atom stereocenters. The summed E-state index contributed by atoms with van der Waals surface area (Å²) in [5, 5.41) is 25.0. The highest BCUT2D eigenvalue weighted by atomic mass is 16.3. The minimum absolute atomic E-state index is 0.110. The highest BCUT2D eigenvalue weighted by molar-refractivity contribution is 6.23. The van der Waals surface area contributed by atoms with Crippen LogP contribution >= 0.6 is 0 Å². The number of piperidine rings is 3. The van der Waals surface area contributed by atoms with Gasteiger partial charge in [0.1, 0.15) is 11.8 Å². The van der Waals surface area contributed by atoms with E-state index < -0.39 is 23.8 Å². The van der Waals surface area contributed by atoms with Crippen molar-refractivity contribution in [3.05, 3.63) is 59.7 Å². The molecule has 0 spiro atoms. The number of likely N-dealkylation sites (tertiary alicyclic amines) is 1. The Morgan fingerprint density at radius 2 is 1.67 bits per heavy atom. The smallest absolute Gasteiger partial charge is 0.262 e. The molecular formula is C41H47N9O5. The summed E-state index contributed by atoms with van der Waals surface area (Å²) >= 11 is 0. The predicted octanol–water partition coefficient (Wildman–Crippen LogP) is 2.80. The Bertz CT molecular complexity index is 2090. The van der Waals surface area contributed by atoms with Crippen molar-refractivity contribution in [2.24, 2.45) is 17.3 Å². The number of nitrogens with zero attached hydrogens (tertiary/aromatic N) is 7. The minimum atomic E-state index is -0.951. The molecule has 1 aliphatic carbocycles. The van der Waals surface area contributed by atoms with Gasteiger partial charge in [0.05, 0.1) is 28.6 Å². The minimum Gasteiger partial charge on any atom is -0.507 e. The van der Waals surface area contributed by atoms with E-state index in [9.17, 15) is 24.3 Å². The summed E-state index contributed by atoms with van der Waals surface area (Å²) in [4.78, 5) is 61.9. The van der Waals surface area contributed by atoms with Gasteiger partial charge in [0.15, 0.2) is 5.82 Å². The number of nitrogens with one attached hydrogen (secondary N) is 2. The maximum Gasteiger partial charge on any atom is 0.262 e. The maximum absolute atomic E-state index is 13.4. The van der Waals surface area contributed by atoms with Gasteiger partial charge in [-0.05, 0) is 98.8 Å². The first kappa shape index (κ1) is 34.4. The van der Waals surface area contributed by atoms with Gasteiger partial charge in [0.2, 0.25) is 11.8 Å². The Hall–Kier alpha value is -5.08. The van der Waals surface area contributed by atoms with Crippen molar-refractivity contribution in [3.63, 3.8) is 0 Å². The second-order valence-corrected chi connectivity index (χ2v) is 16.8. The van der Waals surface area contributed by atoms with Crippen LogP contribution in [0.3, 0.4) is 0 Å². The van der Waals surface area contributed by atoms with Gasteiger partial charge in [-0.1, -0.05) is 12.1 Å². The topological polar surface area (TPSA) is 155 Å². The highest BCUT2D eigenvalue weighted by Gasteiger charge is 2.57. The number of aromatic hydroxyl groups is 1. The molecule has 6 aliphatic heterocycles. The van der Waals surface area contributed by atoms with Crippen LogP contribution in [-0.2, 0) is 9.59 Å². The fourth-order valence-electron chi connectivity index (χ4n) is 10.4. The predicted molar refractivity (Wildman–Crippen MR) is 205 cm³/mol. The van der Waals surface area contributed by atoms with Gasteiger partial charge in [0.25, 0.3) is 11.8 Å². The summed E-state index contributed by atoms with van der Waals surface area (Å²) in [5.74, 6) is 0.484. The van der Waals surface area contributed by atoms with Gasteiger partial charge < -0.3 is 25.1 Å². The summed E-state index contributed by atoms with van der Waals surface area (Å²) in [6.07, 6.45) is 5.08. The lowest BCUT2D eigenvalue weighted by atomic mass is 9.90. The number of fused-ring (bicyclic) bond motifs is 5. The highest BCUT2D eigenvalue weighted by Crippen LogP contribution is 2.59. The lowest BCUT2D eigenvalue weighted by Crippen LogP contribution is -2.58. The molecular weight excluding hydrogens is 699 g/mol. The first-order valence-electron chi connectivity index (χ1n) is 19.9. The number of amides is 4. The fraction of sp³-hybridized carbons (Fsp3) is 0.512. The molecule has 14 nitrogen and oxygen atoms in total. The van der Waals surface area contributed by atoms with Crippen molar-refractivity contribution in [2.45, 2.75) is 50.6 Å². The van der Waals surface area contributed by atoms with Gasteiger partial charge in [-0.2, -0.15) is 0 Å². The van der Waals surface area contributed by atoms with E-state index in [1.54, 1.807) is 12.1 Å². The number of rotatable bonds is 7. The molecule has 10 rings (SSSR count). The molecule has 3 N–H and O–H groups in total. The number of benzene rings is 2. The molecule has 2 aromatic carbocycles. The average molecular weight is 746 g/mol. The Kier molecular flexibility index (Phi) is 8.32. The SMILES string of the molecule is O=C1CCC(N2C(=O)c3ccc(N4CCC5(CN6CCC(CN7CCN8c9cc(-c%10ccccc%10O)nnc9NC[C@H]8C7)CC6)CC5C4)cc3C2=O)C(=O)N1. The first-order chi connectivity index (χ1) is 26.7. The van der Waals surface area contributed by atoms with Crippen LogP contribution in [0, 0.1) is 17.3 Å². The average Bonchev–Trinajstić information content (AvgIpc) is 3.86. The Balaban J connectivity index is 0.702. The molecule has 0 bridgehead atoms. The normalized spacial score (nSPS) is 28.3. The molecule has 4 amide bonds. The van der Waals surface area contributed by atoms with E-state index in [4.69, 9.17) is 0 Å². The number of hydrogen-bond donors (Lipinski definition) is 3. The van der Waals surface area contributed by atoms with E-state index >= 15 is 0 Å². The van der Waals surface area contributed by atoms with E-state index in [2.05, 4.69) is 46.5 Å². The monoisotopic (exact) mass is 745 g/mol. The molecule has 7 aliphatic rings. The Morgan fingerprint density at radius 1 is 0.836 bits per heavy atom. The van der Waals surface area contributed by atoms with Crippen molar-refractivity contribution >= 4 is 40.8 Å². The van der Waals surface area contributed by atoms with Crippen LogP contribution in [0.1, 0.15) is 59.2 Å². The van der Waals surface area contributed by atoms with Crippen molar-refractivity contribution in [1.29, 1.82) is 0 Å². The third-order valence-electron chi connectivity index (χ3n) is 13.6. The number of para-hydroxylation sites is 1. The zero-order valence-electron chi connectivity index (χ0n) is 31.0. The molecule has 3 aromatic rings. The van der Waals surface area contributed by atoms with Crippen molar-refractivity contribution in [1.82, 2.24) is 30.2 Å². The standard InChI is InChI=1S/C41H47N9O5/c51-35-4-2-1-3-30(35)32-18-34-37(45-44-32)42-20-28-23-47(15-16-49(28)34)21-25-9-12-46(13-10-25)24-41-11-14-48(22-26(41)19-41)27-5-6-29-31(17-27)40(55)50(39(29)54)33-7-8-36(52)43-38(33)53/h1-6,17-18,25-26,28,33,51H,7-16,19-24H2,(H,42,45)(H,43,52,53)/t26?,28-,33?,41?/m0/s1. The van der Waals surface area contributed by atoms with Crippen LogP contribution in [0.4, 0.5) is 17.2 Å². The number of phenolic OH excluding ortho intramolecular Hbond substituents is 1. The number of imide groups is 2. The van der Waals surface area contributed by atoms with Crippen LogP contribution in [0.2, 0.25) is 0 Å². The van der Waals surface area contributed by atoms with E-state index in [1.165, 1.54) is 19.3 Å². The van der Waals surface area contributed by atoms with Gasteiger partial charge in [0, 0.05) is 70.0 Å². The van der Waals surface area contributed by atoms with E-state index in [-0.39, 0.29) is 24.5 Å². The van der Waals surface area contributed by atoms with Crippen LogP contribution in [0.5, 0.6) is 5.75 Å². The van der Waals surface area contributed by atoms with Crippen LogP contribution < -0.4 is 20.4 Å². The molecule has 1 saturated carbocycles. The van der Waals surface area contributed by atoms with Crippen LogP contribution in [0.15, 0.2) is 48.5 Å². The largest absolute Gasteiger partial charge is 0.507 e. The van der Waals surface area contributed by atoms with E-state index in [0.29, 0.717) is 45.7 Å². The molecule has 0 radical (unpaired) electrons. The lowest BCUT2D eigenvalue weighted by molar-refractivity contribution is -0.136. The number of hydrogen-bond acceptors (Lipinski definition) is 12. The zero-order chi connectivity index (χ0) is 37.4. The third-order valence-corrected chi connectivity index (χ3v) is 13.6. The summed E-state index contributed by atoms with van der Waals surface area (Å²) in [7, 11) is 0. The number of carbonyl (C=O) groups excluding carboxylic acids is 4. The molecule has 1 aromatic heterocycles. The summed E-state index contributed by atoms with van der Waals surface area (Å²) < 4.78 is 0. The molecule has 55 heavy (non-hydrogen) atoms. The molecule has 14 heteroatoms. The number of anilines is 3. The Morgan fingerprint density at radius 3 is 2.49 bits per heavy atom. The lowest BCUT2D eigenvalue weighted by Gasteiger charge is -2.47. The number of phenols is 1. The number of carbonyl (C=O) groups is 4. The second-order valence-electron chi connectivity index (χ2n) is 16.8. The fourth-order valence-corrected chi connectivity index (χ4v) is 10.4. The summed E-state index contributed by atoms with van der Waals surface area (Å²) in [6, 6.07) is 14.3. The molecule has 7 heterocycles. The summed E-state index contributed by atoms with van der Waals surface area (Å²) in [5.41, 5.74) is 4.45. The van der Waals surface area contributed by atoms with Crippen LogP contribution in [0.25, 0.3) is 11.3 Å². The molecule has 3 unspecified atom stereocenters. The van der Waals surface area contributed by atoms with Crippen molar-refractivity contribution in [3.8, 4) is 17.0 Å². The first-order valence-corrected chi connectivity index (χ1v) is 19.9. The van der Waals surface area contributed by atoms with Gasteiger partial charge in [-0.3, -0.25) is 34.3 Å². The quantitative estimate of drug-likeness (QED) is 0.305. The summed E-state index contributed by atoms with van der Waals surface area (Å²) in [6.45, 7) is 10.3. The van der Waals surface area contributed by atoms with E-state index in [0.717, 1.165) is 94.0 Å². The van der Waals surface area contributed by atoms with Gasteiger partial charge in [-0.25, -0.2) is 0 Å². The van der Waals surface area contributed by atoms with Crippen molar-refractivity contribution in [2.75, 3.05) is 80.6 Å². The van der Waals surface area contributed by atoms with Gasteiger partial charge >= 0.3 is 0 Å². The molecule has 5 fully saturated rings. The Labute approximate surface area is 319 Å².